The maximum absolute atomic E-state index is 12.5. The quantitative estimate of drug-likeness (QED) is 0.518. The van der Waals surface area contributed by atoms with Crippen molar-refractivity contribution in [1.29, 1.82) is 0 Å². The molecule has 0 aliphatic heterocycles. The minimum absolute atomic E-state index is 0.0608. The number of carbonyl (C=O) groups is 2. The van der Waals surface area contributed by atoms with Crippen LogP contribution in [0.1, 0.15) is 22.8 Å². The third kappa shape index (κ3) is 4.20. The molecule has 3 aromatic carbocycles. The summed E-state index contributed by atoms with van der Waals surface area (Å²) in [6.45, 7) is 2.48. The molecule has 0 aliphatic carbocycles. The Bertz CT molecular complexity index is 1030. The molecule has 0 bridgehead atoms. The standard InChI is InChI=1S/C23H21NO4/c1-3-28-21-14-13-17(18-11-7-8-12-19(18)21)15-20(23(26)27-2)24-22(25)16-9-5-4-6-10-16/h4-15H,3H2,1-2H3,(H,24,25)/b20-15-. The molecule has 3 aromatic rings. The zero-order chi connectivity index (χ0) is 19.9. The summed E-state index contributed by atoms with van der Waals surface area (Å²) >= 11 is 0. The molecule has 0 saturated heterocycles. The number of benzene rings is 3. The summed E-state index contributed by atoms with van der Waals surface area (Å²) in [4.78, 5) is 24.7. The van der Waals surface area contributed by atoms with E-state index in [1.54, 1.807) is 30.3 Å². The van der Waals surface area contributed by atoms with Crippen LogP contribution < -0.4 is 10.1 Å². The Morgan fingerprint density at radius 2 is 1.61 bits per heavy atom. The van der Waals surface area contributed by atoms with E-state index >= 15 is 0 Å². The zero-order valence-corrected chi connectivity index (χ0v) is 15.8. The lowest BCUT2D eigenvalue weighted by Gasteiger charge is -2.12. The van der Waals surface area contributed by atoms with Gasteiger partial charge in [-0.15, -0.1) is 0 Å². The van der Waals surface area contributed by atoms with Crippen LogP contribution >= 0.6 is 0 Å². The van der Waals surface area contributed by atoms with E-state index in [9.17, 15) is 9.59 Å². The molecule has 3 rings (SSSR count). The first-order valence-corrected chi connectivity index (χ1v) is 8.95. The van der Waals surface area contributed by atoms with Crippen molar-refractivity contribution in [3.63, 3.8) is 0 Å². The summed E-state index contributed by atoms with van der Waals surface area (Å²) in [6, 6.07) is 20.1. The normalized spacial score (nSPS) is 11.1. The zero-order valence-electron chi connectivity index (χ0n) is 15.8. The minimum Gasteiger partial charge on any atom is -0.493 e. The number of nitrogens with one attached hydrogen (secondary N) is 1. The number of esters is 1. The smallest absolute Gasteiger partial charge is 0.354 e. The van der Waals surface area contributed by atoms with Gasteiger partial charge in [0, 0.05) is 10.9 Å². The molecule has 5 heteroatoms. The van der Waals surface area contributed by atoms with Crippen LogP contribution in [0.25, 0.3) is 16.8 Å². The van der Waals surface area contributed by atoms with Crippen molar-refractivity contribution >= 4 is 28.7 Å². The number of hydrogen-bond donors (Lipinski definition) is 1. The molecular formula is C23H21NO4. The molecule has 0 spiro atoms. The van der Waals surface area contributed by atoms with Gasteiger partial charge in [0.1, 0.15) is 11.4 Å². The monoisotopic (exact) mass is 375 g/mol. The fourth-order valence-corrected chi connectivity index (χ4v) is 2.90. The minimum atomic E-state index is -0.623. The van der Waals surface area contributed by atoms with Gasteiger partial charge in [0.15, 0.2) is 0 Å². The SMILES string of the molecule is CCOc1ccc(/C=C(\NC(=O)c2ccccc2)C(=O)OC)c2ccccc12. The molecule has 1 amide bonds. The van der Waals surface area contributed by atoms with Gasteiger partial charge in [0.2, 0.25) is 0 Å². The Hall–Kier alpha value is -3.60. The molecule has 5 nitrogen and oxygen atoms in total. The van der Waals surface area contributed by atoms with E-state index in [4.69, 9.17) is 9.47 Å². The van der Waals surface area contributed by atoms with Crippen LogP contribution in [-0.2, 0) is 9.53 Å². The van der Waals surface area contributed by atoms with Crippen LogP contribution in [0.3, 0.4) is 0 Å². The summed E-state index contributed by atoms with van der Waals surface area (Å²) in [7, 11) is 1.28. The first-order chi connectivity index (χ1) is 13.6. The summed E-state index contributed by atoms with van der Waals surface area (Å²) in [5.74, 6) is -0.238. The maximum atomic E-state index is 12.5. The molecule has 0 heterocycles. The molecule has 0 aromatic heterocycles. The Balaban J connectivity index is 2.03. The van der Waals surface area contributed by atoms with Gasteiger partial charge < -0.3 is 14.8 Å². The number of amides is 1. The predicted octanol–water partition coefficient (Wildman–Crippen LogP) is 4.18. The van der Waals surface area contributed by atoms with Crippen LogP contribution in [0.2, 0.25) is 0 Å². The summed E-state index contributed by atoms with van der Waals surface area (Å²) < 4.78 is 10.5. The maximum Gasteiger partial charge on any atom is 0.354 e. The molecule has 0 fully saturated rings. The van der Waals surface area contributed by atoms with Crippen molar-refractivity contribution in [2.45, 2.75) is 6.92 Å². The van der Waals surface area contributed by atoms with Gasteiger partial charge in [-0.3, -0.25) is 4.79 Å². The Morgan fingerprint density at radius 1 is 0.929 bits per heavy atom. The van der Waals surface area contributed by atoms with Crippen molar-refractivity contribution in [2.75, 3.05) is 13.7 Å². The molecule has 28 heavy (non-hydrogen) atoms. The van der Waals surface area contributed by atoms with Gasteiger partial charge in [0.25, 0.3) is 5.91 Å². The molecule has 0 atom stereocenters. The van der Waals surface area contributed by atoms with Gasteiger partial charge in [0.05, 0.1) is 13.7 Å². The number of hydrogen-bond acceptors (Lipinski definition) is 4. The highest BCUT2D eigenvalue weighted by molar-refractivity contribution is 6.05. The van der Waals surface area contributed by atoms with Crippen LogP contribution in [0.5, 0.6) is 5.75 Å². The molecule has 0 radical (unpaired) electrons. The third-order valence-corrected chi connectivity index (χ3v) is 4.21. The highest BCUT2D eigenvalue weighted by Crippen LogP contribution is 2.29. The van der Waals surface area contributed by atoms with Crippen molar-refractivity contribution in [1.82, 2.24) is 5.32 Å². The molecule has 142 valence electrons. The molecule has 0 saturated carbocycles. The van der Waals surface area contributed by atoms with Crippen LogP contribution in [0.4, 0.5) is 0 Å². The van der Waals surface area contributed by atoms with Gasteiger partial charge in [-0.2, -0.15) is 0 Å². The summed E-state index contributed by atoms with van der Waals surface area (Å²) in [6.07, 6.45) is 1.62. The number of fused-ring (bicyclic) bond motifs is 1. The van der Waals surface area contributed by atoms with E-state index in [2.05, 4.69) is 5.32 Å². The second kappa shape index (κ2) is 8.86. The third-order valence-electron chi connectivity index (χ3n) is 4.21. The Labute approximate surface area is 163 Å². The first kappa shape index (κ1) is 19.2. The summed E-state index contributed by atoms with van der Waals surface area (Å²) in [5.41, 5.74) is 1.28. The van der Waals surface area contributed by atoms with Gasteiger partial charge in [-0.1, -0.05) is 48.5 Å². The van der Waals surface area contributed by atoms with E-state index in [0.29, 0.717) is 12.2 Å². The van der Waals surface area contributed by atoms with Crippen LogP contribution in [0.15, 0.2) is 72.4 Å². The van der Waals surface area contributed by atoms with Crippen LogP contribution in [0, 0.1) is 0 Å². The number of rotatable bonds is 6. The van der Waals surface area contributed by atoms with Gasteiger partial charge >= 0.3 is 5.97 Å². The lowest BCUT2D eigenvalue weighted by atomic mass is 10.0. The molecular weight excluding hydrogens is 354 g/mol. The van der Waals surface area contributed by atoms with Crippen LogP contribution in [-0.4, -0.2) is 25.6 Å². The topological polar surface area (TPSA) is 64.6 Å². The molecule has 0 unspecified atom stereocenters. The van der Waals surface area contributed by atoms with E-state index in [0.717, 1.165) is 22.1 Å². The van der Waals surface area contributed by atoms with E-state index < -0.39 is 5.97 Å². The second-order valence-electron chi connectivity index (χ2n) is 6.00. The highest BCUT2D eigenvalue weighted by atomic mass is 16.5. The predicted molar refractivity (Wildman–Crippen MR) is 109 cm³/mol. The number of carbonyl (C=O) groups excluding carboxylic acids is 2. The Morgan fingerprint density at radius 3 is 2.29 bits per heavy atom. The molecule has 0 aliphatic rings. The first-order valence-electron chi connectivity index (χ1n) is 8.95. The van der Waals surface area contributed by atoms with E-state index in [1.807, 2.05) is 49.4 Å². The number of methoxy groups -OCH3 is 1. The highest BCUT2D eigenvalue weighted by Gasteiger charge is 2.16. The van der Waals surface area contributed by atoms with E-state index in [1.165, 1.54) is 7.11 Å². The fraction of sp³-hybridized carbons (Fsp3) is 0.130. The second-order valence-corrected chi connectivity index (χ2v) is 6.00. The van der Waals surface area contributed by atoms with E-state index in [-0.39, 0.29) is 11.6 Å². The Kier molecular flexibility index (Phi) is 6.07. The average Bonchev–Trinajstić information content (AvgIpc) is 2.75. The average molecular weight is 375 g/mol. The largest absolute Gasteiger partial charge is 0.493 e. The van der Waals surface area contributed by atoms with Gasteiger partial charge in [-0.25, -0.2) is 4.79 Å². The summed E-state index contributed by atoms with van der Waals surface area (Å²) in [5, 5.41) is 4.49. The lowest BCUT2D eigenvalue weighted by molar-refractivity contribution is -0.136. The van der Waals surface area contributed by atoms with Crippen molar-refractivity contribution in [2.24, 2.45) is 0 Å². The molecule has 1 N–H and O–H groups in total. The van der Waals surface area contributed by atoms with Crippen molar-refractivity contribution in [3.05, 3.63) is 83.6 Å². The van der Waals surface area contributed by atoms with Crippen molar-refractivity contribution < 1.29 is 19.1 Å². The lowest BCUT2D eigenvalue weighted by Crippen LogP contribution is -2.28. The van der Waals surface area contributed by atoms with Crippen molar-refractivity contribution in [3.8, 4) is 5.75 Å². The fourth-order valence-electron chi connectivity index (χ4n) is 2.90. The van der Waals surface area contributed by atoms with Gasteiger partial charge in [-0.05, 0) is 42.1 Å². The number of ether oxygens (including phenoxy) is 2.